The number of benzene rings is 1. The van der Waals surface area contributed by atoms with E-state index >= 15 is 0 Å². The van der Waals surface area contributed by atoms with Crippen molar-refractivity contribution < 1.29 is 9.53 Å². The molecule has 0 spiro atoms. The fourth-order valence-corrected chi connectivity index (χ4v) is 2.06. The molecule has 1 N–H and O–H groups in total. The second kappa shape index (κ2) is 5.60. The number of amides is 1. The number of carbonyl (C=O) groups excluding carboxylic acids is 1. The van der Waals surface area contributed by atoms with E-state index in [1.165, 1.54) is 4.68 Å². The van der Waals surface area contributed by atoms with Crippen LogP contribution in [0.5, 0.6) is 5.75 Å². The molecule has 0 aliphatic carbocycles. The molecule has 0 aliphatic heterocycles. The molecular formula is C16H21N3O2. The molecule has 0 aliphatic rings. The van der Waals surface area contributed by atoms with Crippen LogP contribution in [0.15, 0.2) is 30.5 Å². The van der Waals surface area contributed by atoms with Gasteiger partial charge in [-0.2, -0.15) is 5.10 Å². The largest absolute Gasteiger partial charge is 0.495 e. The van der Waals surface area contributed by atoms with Gasteiger partial charge in [0.1, 0.15) is 11.4 Å². The lowest BCUT2D eigenvalue weighted by Gasteiger charge is -2.21. The number of carbonyl (C=O) groups is 1. The van der Waals surface area contributed by atoms with E-state index in [1.54, 1.807) is 26.4 Å². The Morgan fingerprint density at radius 3 is 2.52 bits per heavy atom. The summed E-state index contributed by atoms with van der Waals surface area (Å²) in [6.07, 6.45) is 1.59. The molecule has 0 saturated carbocycles. The van der Waals surface area contributed by atoms with Gasteiger partial charge >= 0.3 is 0 Å². The summed E-state index contributed by atoms with van der Waals surface area (Å²) in [4.78, 5) is 12.3. The maximum atomic E-state index is 12.3. The molecule has 1 aromatic heterocycles. The van der Waals surface area contributed by atoms with E-state index in [0.29, 0.717) is 17.1 Å². The highest BCUT2D eigenvalue weighted by atomic mass is 16.5. The summed E-state index contributed by atoms with van der Waals surface area (Å²) in [7, 11) is 3.32. The van der Waals surface area contributed by atoms with Crippen LogP contribution in [-0.4, -0.2) is 22.8 Å². The van der Waals surface area contributed by atoms with Gasteiger partial charge in [0.2, 0.25) is 0 Å². The van der Waals surface area contributed by atoms with E-state index in [0.717, 1.165) is 5.56 Å². The van der Waals surface area contributed by atoms with Gasteiger partial charge in [-0.25, -0.2) is 0 Å². The number of ether oxygens (including phenoxy) is 1. The van der Waals surface area contributed by atoms with Crippen molar-refractivity contribution in [2.45, 2.75) is 26.2 Å². The first-order valence-electron chi connectivity index (χ1n) is 6.81. The number of aryl methyl sites for hydroxylation is 1. The maximum absolute atomic E-state index is 12.3. The minimum atomic E-state index is -0.209. The van der Waals surface area contributed by atoms with E-state index in [2.05, 4.69) is 31.2 Å². The van der Waals surface area contributed by atoms with E-state index in [4.69, 9.17) is 4.74 Å². The van der Waals surface area contributed by atoms with Gasteiger partial charge in [-0.15, -0.1) is 0 Å². The summed E-state index contributed by atoms with van der Waals surface area (Å²) in [5, 5.41) is 6.90. The number of hydrogen-bond acceptors (Lipinski definition) is 3. The molecule has 2 aromatic rings. The van der Waals surface area contributed by atoms with E-state index < -0.39 is 0 Å². The molecule has 0 atom stereocenters. The first-order chi connectivity index (χ1) is 9.82. The minimum Gasteiger partial charge on any atom is -0.495 e. The smallest absolute Gasteiger partial charge is 0.274 e. The van der Waals surface area contributed by atoms with Crippen LogP contribution in [0.1, 0.15) is 36.8 Å². The highest BCUT2D eigenvalue weighted by Gasteiger charge is 2.18. The number of methoxy groups -OCH3 is 1. The van der Waals surface area contributed by atoms with Crippen LogP contribution in [0.2, 0.25) is 0 Å². The Morgan fingerprint density at radius 1 is 1.29 bits per heavy atom. The summed E-state index contributed by atoms with van der Waals surface area (Å²) >= 11 is 0. The lowest BCUT2D eigenvalue weighted by atomic mass is 9.87. The first-order valence-corrected chi connectivity index (χ1v) is 6.81. The average molecular weight is 287 g/mol. The molecule has 0 saturated heterocycles. The molecule has 5 heteroatoms. The maximum Gasteiger partial charge on any atom is 0.274 e. The predicted molar refractivity (Wildman–Crippen MR) is 82.9 cm³/mol. The lowest BCUT2D eigenvalue weighted by Crippen LogP contribution is -2.18. The van der Waals surface area contributed by atoms with Gasteiger partial charge in [-0.1, -0.05) is 26.8 Å². The topological polar surface area (TPSA) is 56.1 Å². The SMILES string of the molecule is COc1ccc(C(C)(C)C)cc1NC(=O)c1ccnn1C. The number of anilines is 1. The quantitative estimate of drug-likeness (QED) is 0.944. The summed E-state index contributed by atoms with van der Waals surface area (Å²) < 4.78 is 6.86. The van der Waals surface area contributed by atoms with E-state index in [-0.39, 0.29) is 11.3 Å². The van der Waals surface area contributed by atoms with Crippen molar-refractivity contribution >= 4 is 11.6 Å². The third kappa shape index (κ3) is 3.24. The minimum absolute atomic E-state index is 0.00171. The number of nitrogens with one attached hydrogen (secondary N) is 1. The second-order valence-corrected chi connectivity index (χ2v) is 5.96. The van der Waals surface area contributed by atoms with Crippen LogP contribution in [0.25, 0.3) is 0 Å². The zero-order chi connectivity index (χ0) is 15.6. The van der Waals surface area contributed by atoms with E-state index in [1.807, 2.05) is 18.2 Å². The third-order valence-corrected chi connectivity index (χ3v) is 3.37. The number of rotatable bonds is 3. The molecule has 0 bridgehead atoms. The summed E-state index contributed by atoms with van der Waals surface area (Å²) in [5.74, 6) is 0.429. The molecule has 21 heavy (non-hydrogen) atoms. The van der Waals surface area contributed by atoms with Crippen molar-refractivity contribution in [2.75, 3.05) is 12.4 Å². The third-order valence-electron chi connectivity index (χ3n) is 3.37. The van der Waals surface area contributed by atoms with Crippen molar-refractivity contribution in [1.82, 2.24) is 9.78 Å². The van der Waals surface area contributed by atoms with Crippen molar-refractivity contribution in [3.05, 3.63) is 41.7 Å². The van der Waals surface area contributed by atoms with Crippen LogP contribution in [0, 0.1) is 0 Å². The fraction of sp³-hybridized carbons (Fsp3) is 0.375. The van der Waals surface area contributed by atoms with Crippen LogP contribution >= 0.6 is 0 Å². The molecule has 2 rings (SSSR count). The summed E-state index contributed by atoms with van der Waals surface area (Å²) in [6.45, 7) is 6.38. The Labute approximate surface area is 124 Å². The molecule has 0 fully saturated rings. The molecule has 112 valence electrons. The van der Waals surface area contributed by atoms with Crippen molar-refractivity contribution in [2.24, 2.45) is 7.05 Å². The number of nitrogens with zero attached hydrogens (tertiary/aromatic N) is 2. The van der Waals surface area contributed by atoms with Gasteiger partial charge in [0, 0.05) is 13.2 Å². The van der Waals surface area contributed by atoms with Crippen LogP contribution < -0.4 is 10.1 Å². The average Bonchev–Trinajstić information content (AvgIpc) is 2.84. The van der Waals surface area contributed by atoms with Gasteiger partial charge in [-0.3, -0.25) is 9.48 Å². The molecule has 1 aromatic carbocycles. The normalized spacial score (nSPS) is 11.3. The highest BCUT2D eigenvalue weighted by Crippen LogP contribution is 2.31. The fourth-order valence-electron chi connectivity index (χ4n) is 2.06. The van der Waals surface area contributed by atoms with Gasteiger partial charge in [0.25, 0.3) is 5.91 Å². The first kappa shape index (κ1) is 15.1. The summed E-state index contributed by atoms with van der Waals surface area (Å²) in [5.41, 5.74) is 2.29. The molecule has 0 radical (unpaired) electrons. The Hall–Kier alpha value is -2.30. The lowest BCUT2D eigenvalue weighted by molar-refractivity contribution is 0.101. The molecule has 1 amide bonds. The Bertz CT molecular complexity index is 654. The van der Waals surface area contributed by atoms with Crippen molar-refractivity contribution in [1.29, 1.82) is 0 Å². The monoisotopic (exact) mass is 287 g/mol. The molecule has 1 heterocycles. The Kier molecular flexibility index (Phi) is 4.02. The number of aromatic nitrogens is 2. The molecule has 5 nitrogen and oxygen atoms in total. The van der Waals surface area contributed by atoms with Crippen LogP contribution in [-0.2, 0) is 12.5 Å². The zero-order valence-corrected chi connectivity index (χ0v) is 13.1. The zero-order valence-electron chi connectivity index (χ0n) is 13.1. The predicted octanol–water partition coefficient (Wildman–Crippen LogP) is 2.98. The number of hydrogen-bond donors (Lipinski definition) is 1. The van der Waals surface area contributed by atoms with Gasteiger partial charge < -0.3 is 10.1 Å². The highest BCUT2D eigenvalue weighted by molar-refractivity contribution is 6.03. The summed E-state index contributed by atoms with van der Waals surface area (Å²) in [6, 6.07) is 7.51. The molecule has 0 unspecified atom stereocenters. The second-order valence-electron chi connectivity index (χ2n) is 5.96. The van der Waals surface area contributed by atoms with Crippen molar-refractivity contribution in [3.63, 3.8) is 0 Å². The van der Waals surface area contributed by atoms with Gasteiger partial charge in [0.15, 0.2) is 0 Å². The van der Waals surface area contributed by atoms with Gasteiger partial charge in [0.05, 0.1) is 12.8 Å². The van der Waals surface area contributed by atoms with Crippen molar-refractivity contribution in [3.8, 4) is 5.75 Å². The Morgan fingerprint density at radius 2 is 2.00 bits per heavy atom. The standard InChI is InChI=1S/C16H21N3O2/c1-16(2,3)11-6-7-14(21-5)12(10-11)18-15(20)13-8-9-17-19(13)4/h6-10H,1-5H3,(H,18,20). The van der Waals surface area contributed by atoms with Crippen LogP contribution in [0.4, 0.5) is 5.69 Å². The van der Waals surface area contributed by atoms with Gasteiger partial charge in [-0.05, 0) is 29.2 Å². The van der Waals surface area contributed by atoms with Crippen LogP contribution in [0.3, 0.4) is 0 Å². The molecular weight excluding hydrogens is 266 g/mol. The Balaban J connectivity index is 2.34. The van der Waals surface area contributed by atoms with E-state index in [9.17, 15) is 4.79 Å².